The number of oxazole rings is 1. The minimum Gasteiger partial charge on any atom is -0.408 e. The number of carbonyl (C=O) groups is 1. The highest BCUT2D eigenvalue weighted by Gasteiger charge is 2.18. The fourth-order valence-electron chi connectivity index (χ4n) is 3.67. The van der Waals surface area contributed by atoms with Crippen molar-refractivity contribution in [3.05, 3.63) is 82.1 Å². The Morgan fingerprint density at radius 1 is 1.07 bits per heavy atom. The van der Waals surface area contributed by atoms with Crippen LogP contribution in [0.25, 0.3) is 16.8 Å². The summed E-state index contributed by atoms with van der Waals surface area (Å²) in [5, 5.41) is 4.65. The zero-order valence-corrected chi connectivity index (χ0v) is 17.3. The molecule has 0 unspecified atom stereocenters. The van der Waals surface area contributed by atoms with Gasteiger partial charge in [0.25, 0.3) is 0 Å². The Hall–Kier alpha value is -3.61. The summed E-state index contributed by atoms with van der Waals surface area (Å²) in [7, 11) is 1.78. The van der Waals surface area contributed by atoms with E-state index in [-0.39, 0.29) is 18.9 Å². The summed E-state index contributed by atoms with van der Waals surface area (Å²) in [5.41, 5.74) is 5.16. The molecule has 1 amide bonds. The predicted octanol–water partition coefficient (Wildman–Crippen LogP) is 3.45. The molecule has 2 aromatic carbocycles. The van der Waals surface area contributed by atoms with Crippen LogP contribution in [-0.4, -0.2) is 32.2 Å². The molecule has 7 heteroatoms. The van der Waals surface area contributed by atoms with Crippen LogP contribution in [0.15, 0.2) is 63.8 Å². The number of aryl methyl sites for hydroxylation is 2. The lowest BCUT2D eigenvalue weighted by atomic mass is 10.2. The first-order valence-electron chi connectivity index (χ1n) is 9.88. The van der Waals surface area contributed by atoms with E-state index in [4.69, 9.17) is 4.42 Å². The molecule has 154 valence electrons. The molecule has 0 aliphatic rings. The maximum absolute atomic E-state index is 12.7. The molecule has 0 N–H and O–H groups in total. The summed E-state index contributed by atoms with van der Waals surface area (Å²) in [6.45, 7) is 4.71. The topological polar surface area (TPSA) is 73.3 Å². The maximum Gasteiger partial charge on any atom is 0.419 e. The quantitative estimate of drug-likeness (QED) is 0.493. The molecule has 0 bridgehead atoms. The number of fused-ring (bicyclic) bond motifs is 1. The Morgan fingerprint density at radius 2 is 1.77 bits per heavy atom. The van der Waals surface area contributed by atoms with E-state index in [0.717, 1.165) is 22.6 Å². The van der Waals surface area contributed by atoms with Crippen LogP contribution >= 0.6 is 0 Å². The standard InChI is InChI=1S/C23H24N4O3/c1-16-19(17(2)27(24-16)18-9-5-4-6-10-18)15-25(3)22(28)13-14-26-20-11-7-8-12-21(20)30-23(26)29/h4-12H,13-15H2,1-3H3. The molecule has 0 saturated heterocycles. The lowest BCUT2D eigenvalue weighted by molar-refractivity contribution is -0.130. The summed E-state index contributed by atoms with van der Waals surface area (Å²) in [5.74, 6) is -0.485. The second-order valence-corrected chi connectivity index (χ2v) is 7.38. The number of nitrogens with zero attached hydrogens (tertiary/aromatic N) is 4. The number of rotatable bonds is 6. The van der Waals surface area contributed by atoms with E-state index in [0.29, 0.717) is 17.6 Å². The number of hydrogen-bond acceptors (Lipinski definition) is 4. The van der Waals surface area contributed by atoms with Gasteiger partial charge in [0, 0.05) is 37.8 Å². The Balaban J connectivity index is 1.47. The van der Waals surface area contributed by atoms with Gasteiger partial charge >= 0.3 is 5.76 Å². The van der Waals surface area contributed by atoms with Crippen molar-refractivity contribution in [2.75, 3.05) is 7.05 Å². The molecule has 0 fully saturated rings. The number of hydrogen-bond donors (Lipinski definition) is 0. The lowest BCUT2D eigenvalue weighted by Crippen LogP contribution is -2.28. The van der Waals surface area contributed by atoms with E-state index < -0.39 is 5.76 Å². The van der Waals surface area contributed by atoms with Gasteiger partial charge in [0.1, 0.15) is 0 Å². The predicted molar refractivity (Wildman–Crippen MR) is 115 cm³/mol. The molecular weight excluding hydrogens is 380 g/mol. The van der Waals surface area contributed by atoms with Gasteiger partial charge in [0.2, 0.25) is 5.91 Å². The number of carbonyl (C=O) groups excluding carboxylic acids is 1. The van der Waals surface area contributed by atoms with Crippen molar-refractivity contribution in [2.45, 2.75) is 33.4 Å². The van der Waals surface area contributed by atoms with Gasteiger partial charge in [0.15, 0.2) is 5.58 Å². The maximum atomic E-state index is 12.7. The zero-order valence-electron chi connectivity index (χ0n) is 17.3. The molecule has 0 aliphatic carbocycles. The van der Waals surface area contributed by atoms with Crippen molar-refractivity contribution in [1.29, 1.82) is 0 Å². The largest absolute Gasteiger partial charge is 0.419 e. The number of aromatic nitrogens is 3. The fourth-order valence-corrected chi connectivity index (χ4v) is 3.67. The Kier molecular flexibility index (Phi) is 5.27. The van der Waals surface area contributed by atoms with E-state index in [1.165, 1.54) is 4.57 Å². The van der Waals surface area contributed by atoms with Gasteiger partial charge in [0.05, 0.1) is 16.9 Å². The van der Waals surface area contributed by atoms with Crippen LogP contribution in [0, 0.1) is 13.8 Å². The number of benzene rings is 2. The molecule has 0 aliphatic heterocycles. The van der Waals surface area contributed by atoms with Crippen LogP contribution in [0.3, 0.4) is 0 Å². The smallest absolute Gasteiger partial charge is 0.408 e. The van der Waals surface area contributed by atoms with Gasteiger partial charge in [-0.3, -0.25) is 9.36 Å². The second-order valence-electron chi connectivity index (χ2n) is 7.38. The minimum atomic E-state index is -0.442. The summed E-state index contributed by atoms with van der Waals surface area (Å²) >= 11 is 0. The number of amides is 1. The molecule has 30 heavy (non-hydrogen) atoms. The molecule has 0 atom stereocenters. The Labute approximate surface area is 174 Å². The van der Waals surface area contributed by atoms with Crippen LogP contribution < -0.4 is 5.76 Å². The van der Waals surface area contributed by atoms with E-state index in [9.17, 15) is 9.59 Å². The average molecular weight is 404 g/mol. The van der Waals surface area contributed by atoms with Gasteiger partial charge in [-0.25, -0.2) is 9.48 Å². The summed E-state index contributed by atoms with van der Waals surface area (Å²) in [6.07, 6.45) is 0.213. The van der Waals surface area contributed by atoms with Crippen LogP contribution in [0.4, 0.5) is 0 Å². The van der Waals surface area contributed by atoms with E-state index in [1.807, 2.05) is 67.1 Å². The summed E-state index contributed by atoms with van der Waals surface area (Å²) < 4.78 is 8.64. The first-order valence-corrected chi connectivity index (χ1v) is 9.88. The first-order chi connectivity index (χ1) is 14.5. The van der Waals surface area contributed by atoms with Crippen LogP contribution in [0.1, 0.15) is 23.4 Å². The van der Waals surface area contributed by atoms with Crippen molar-refractivity contribution in [3.63, 3.8) is 0 Å². The van der Waals surface area contributed by atoms with Crippen molar-refractivity contribution < 1.29 is 9.21 Å². The SMILES string of the molecule is Cc1nn(-c2ccccc2)c(C)c1CN(C)C(=O)CCn1c(=O)oc2ccccc21. The van der Waals surface area contributed by atoms with E-state index in [2.05, 4.69) is 5.10 Å². The average Bonchev–Trinajstić information content (AvgIpc) is 3.22. The summed E-state index contributed by atoms with van der Waals surface area (Å²) in [4.78, 5) is 26.5. The highest BCUT2D eigenvalue weighted by Crippen LogP contribution is 2.19. The third kappa shape index (κ3) is 3.66. The van der Waals surface area contributed by atoms with E-state index >= 15 is 0 Å². The van der Waals surface area contributed by atoms with Crippen LogP contribution in [0.5, 0.6) is 0 Å². The highest BCUT2D eigenvalue weighted by atomic mass is 16.4. The van der Waals surface area contributed by atoms with Gasteiger partial charge in [-0.05, 0) is 38.1 Å². The third-order valence-electron chi connectivity index (χ3n) is 5.39. The zero-order chi connectivity index (χ0) is 21.3. The van der Waals surface area contributed by atoms with Gasteiger partial charge in [-0.1, -0.05) is 30.3 Å². The van der Waals surface area contributed by atoms with Crippen molar-refractivity contribution in [3.8, 4) is 5.69 Å². The van der Waals surface area contributed by atoms with Crippen LogP contribution in [-0.2, 0) is 17.9 Å². The molecular formula is C23H24N4O3. The third-order valence-corrected chi connectivity index (χ3v) is 5.39. The highest BCUT2D eigenvalue weighted by molar-refractivity contribution is 5.76. The monoisotopic (exact) mass is 404 g/mol. The molecule has 2 heterocycles. The first kappa shape index (κ1) is 19.7. The normalized spacial score (nSPS) is 11.2. The molecule has 0 spiro atoms. The molecule has 0 radical (unpaired) electrons. The molecule has 7 nitrogen and oxygen atoms in total. The van der Waals surface area contributed by atoms with Crippen molar-refractivity contribution in [2.24, 2.45) is 0 Å². The minimum absolute atomic E-state index is 0.0431. The van der Waals surface area contributed by atoms with Crippen LogP contribution in [0.2, 0.25) is 0 Å². The number of para-hydroxylation sites is 3. The lowest BCUT2D eigenvalue weighted by Gasteiger charge is -2.18. The van der Waals surface area contributed by atoms with Gasteiger partial charge in [-0.2, -0.15) is 5.10 Å². The Morgan fingerprint density at radius 3 is 2.53 bits per heavy atom. The second kappa shape index (κ2) is 8.02. The van der Waals surface area contributed by atoms with Gasteiger partial charge in [-0.15, -0.1) is 0 Å². The fraction of sp³-hybridized carbons (Fsp3) is 0.261. The van der Waals surface area contributed by atoms with Gasteiger partial charge < -0.3 is 9.32 Å². The molecule has 4 aromatic rings. The molecule has 0 saturated carbocycles. The van der Waals surface area contributed by atoms with E-state index in [1.54, 1.807) is 18.0 Å². The molecule has 4 rings (SSSR count). The van der Waals surface area contributed by atoms with Crippen molar-refractivity contribution >= 4 is 17.0 Å². The molecule has 2 aromatic heterocycles. The Bertz CT molecular complexity index is 1250. The van der Waals surface area contributed by atoms with Crippen molar-refractivity contribution in [1.82, 2.24) is 19.2 Å². The summed E-state index contributed by atoms with van der Waals surface area (Å²) in [6, 6.07) is 17.2.